The molecule has 8 nitrogen and oxygen atoms in total. The third-order valence-electron chi connectivity index (χ3n) is 6.46. The van der Waals surface area contributed by atoms with Crippen LogP contribution in [0.2, 0.25) is 5.02 Å². The molecule has 0 saturated carbocycles. The Labute approximate surface area is 203 Å². The predicted molar refractivity (Wildman–Crippen MR) is 128 cm³/mol. The standard InChI is InChI=1S/C24H25ClN4O4S/c25-20-9-11-21(12-10-20)34(31,32)29-13-3-6-19(15-29)22(30)26-24-28-27-23(33-24)18-8-7-16-4-1-2-5-17(16)14-18/h7-12,14,19H,1-6,13,15H2,(H,26,28,30). The molecule has 1 aliphatic carbocycles. The number of anilines is 1. The number of piperidine rings is 1. The summed E-state index contributed by atoms with van der Waals surface area (Å²) in [6.45, 7) is 0.445. The smallest absolute Gasteiger partial charge is 0.322 e. The molecule has 2 heterocycles. The lowest BCUT2D eigenvalue weighted by Gasteiger charge is -2.30. The molecule has 0 spiro atoms. The van der Waals surface area contributed by atoms with Crippen LogP contribution in [-0.2, 0) is 27.7 Å². The SMILES string of the molecule is O=C(Nc1nnc(-c2ccc3c(c2)CCCC3)o1)C1CCCN(S(=O)(=O)c2ccc(Cl)cc2)C1. The quantitative estimate of drug-likeness (QED) is 0.559. The number of aromatic nitrogens is 2. The van der Waals surface area contributed by atoms with E-state index in [4.69, 9.17) is 16.0 Å². The number of amides is 1. The molecule has 178 valence electrons. The minimum absolute atomic E-state index is 0.00963. The van der Waals surface area contributed by atoms with Crippen molar-refractivity contribution in [3.8, 4) is 11.5 Å². The van der Waals surface area contributed by atoms with Crippen molar-refractivity contribution in [1.29, 1.82) is 0 Å². The van der Waals surface area contributed by atoms with Crippen LogP contribution in [0.25, 0.3) is 11.5 Å². The highest BCUT2D eigenvalue weighted by atomic mass is 35.5. The molecule has 0 radical (unpaired) electrons. The molecule has 2 aromatic carbocycles. The average Bonchev–Trinajstić information content (AvgIpc) is 3.32. The fraction of sp³-hybridized carbons (Fsp3) is 0.375. The topological polar surface area (TPSA) is 105 Å². The zero-order valence-electron chi connectivity index (χ0n) is 18.5. The summed E-state index contributed by atoms with van der Waals surface area (Å²) < 4.78 is 33.0. The van der Waals surface area contributed by atoms with E-state index in [0.717, 1.165) is 18.4 Å². The lowest BCUT2D eigenvalue weighted by molar-refractivity contribution is -0.121. The van der Waals surface area contributed by atoms with Crippen molar-refractivity contribution in [2.24, 2.45) is 5.92 Å². The Morgan fingerprint density at radius 2 is 1.79 bits per heavy atom. The van der Waals surface area contributed by atoms with Gasteiger partial charge >= 0.3 is 6.01 Å². The highest BCUT2D eigenvalue weighted by molar-refractivity contribution is 7.89. The lowest BCUT2D eigenvalue weighted by Crippen LogP contribution is -2.43. The summed E-state index contributed by atoms with van der Waals surface area (Å²) in [6, 6.07) is 12.2. The summed E-state index contributed by atoms with van der Waals surface area (Å²) in [5.41, 5.74) is 3.49. The molecule has 1 aromatic heterocycles. The number of hydrogen-bond acceptors (Lipinski definition) is 6. The summed E-state index contributed by atoms with van der Waals surface area (Å²) in [5, 5.41) is 11.2. The van der Waals surface area contributed by atoms with Crippen molar-refractivity contribution < 1.29 is 17.6 Å². The number of sulfonamides is 1. The van der Waals surface area contributed by atoms with Crippen LogP contribution in [0.3, 0.4) is 0 Å². The molecule has 3 aromatic rings. The summed E-state index contributed by atoms with van der Waals surface area (Å²) in [5.74, 6) is -0.508. The van der Waals surface area contributed by atoms with Crippen LogP contribution in [0.15, 0.2) is 51.8 Å². The second-order valence-electron chi connectivity index (χ2n) is 8.75. The van der Waals surface area contributed by atoms with Gasteiger partial charge in [-0.2, -0.15) is 4.31 Å². The number of nitrogens with zero attached hydrogens (tertiary/aromatic N) is 3. The molecular formula is C24H25ClN4O4S. The van der Waals surface area contributed by atoms with Crippen molar-refractivity contribution in [1.82, 2.24) is 14.5 Å². The number of hydrogen-bond donors (Lipinski definition) is 1. The number of fused-ring (bicyclic) bond motifs is 1. The van der Waals surface area contributed by atoms with E-state index in [9.17, 15) is 13.2 Å². The number of benzene rings is 2. The molecule has 1 amide bonds. The van der Waals surface area contributed by atoms with Gasteiger partial charge in [0.1, 0.15) is 0 Å². The van der Waals surface area contributed by atoms with Gasteiger partial charge in [-0.3, -0.25) is 10.1 Å². The zero-order valence-corrected chi connectivity index (χ0v) is 20.1. The largest absolute Gasteiger partial charge is 0.403 e. The van der Waals surface area contributed by atoms with Gasteiger partial charge in [0, 0.05) is 23.7 Å². The fourth-order valence-electron chi connectivity index (χ4n) is 4.59. The molecule has 1 aliphatic heterocycles. The van der Waals surface area contributed by atoms with Gasteiger partial charge < -0.3 is 4.42 Å². The third-order valence-corrected chi connectivity index (χ3v) is 8.59. The Kier molecular flexibility index (Phi) is 6.42. The summed E-state index contributed by atoms with van der Waals surface area (Å²) >= 11 is 5.88. The normalized spacial score (nSPS) is 18.9. The number of aryl methyl sites for hydroxylation is 2. The summed E-state index contributed by atoms with van der Waals surface area (Å²) in [7, 11) is -3.71. The van der Waals surface area contributed by atoms with Crippen LogP contribution in [0.4, 0.5) is 6.01 Å². The van der Waals surface area contributed by atoms with E-state index in [1.54, 1.807) is 0 Å². The van der Waals surface area contributed by atoms with Gasteiger partial charge in [-0.05, 0) is 86.1 Å². The molecule has 1 N–H and O–H groups in total. The first-order valence-electron chi connectivity index (χ1n) is 11.4. The highest BCUT2D eigenvalue weighted by Gasteiger charge is 2.34. The summed E-state index contributed by atoms with van der Waals surface area (Å²) in [6.07, 6.45) is 5.67. The first kappa shape index (κ1) is 23.0. The fourth-order valence-corrected chi connectivity index (χ4v) is 6.24. The van der Waals surface area contributed by atoms with Gasteiger partial charge in [0.25, 0.3) is 0 Å². The van der Waals surface area contributed by atoms with Gasteiger partial charge in [-0.15, -0.1) is 5.10 Å². The van der Waals surface area contributed by atoms with Crippen LogP contribution in [0.1, 0.15) is 36.8 Å². The highest BCUT2D eigenvalue weighted by Crippen LogP contribution is 2.29. The van der Waals surface area contributed by atoms with E-state index in [0.29, 0.717) is 30.3 Å². The van der Waals surface area contributed by atoms with Gasteiger partial charge in [0.2, 0.25) is 21.8 Å². The van der Waals surface area contributed by atoms with Gasteiger partial charge in [0.05, 0.1) is 10.8 Å². The van der Waals surface area contributed by atoms with E-state index in [-0.39, 0.29) is 23.4 Å². The van der Waals surface area contributed by atoms with E-state index in [1.807, 2.05) is 6.07 Å². The maximum Gasteiger partial charge on any atom is 0.322 e. The van der Waals surface area contributed by atoms with Crippen LogP contribution in [0.5, 0.6) is 0 Å². The van der Waals surface area contributed by atoms with Crippen molar-refractivity contribution >= 4 is 33.5 Å². The average molecular weight is 501 g/mol. The minimum atomic E-state index is -3.71. The first-order valence-corrected chi connectivity index (χ1v) is 13.2. The molecule has 0 bridgehead atoms. The molecule has 1 unspecified atom stereocenters. The number of rotatable bonds is 5. The molecular weight excluding hydrogens is 476 g/mol. The predicted octanol–water partition coefficient (Wildman–Crippen LogP) is 4.31. The molecule has 1 atom stereocenters. The molecule has 1 fully saturated rings. The Hall–Kier alpha value is -2.75. The molecule has 5 rings (SSSR count). The maximum atomic E-state index is 13.0. The van der Waals surface area contributed by atoms with Crippen LogP contribution in [-0.4, -0.2) is 41.9 Å². The maximum absolute atomic E-state index is 13.0. The van der Waals surface area contributed by atoms with E-state index in [1.165, 1.54) is 52.5 Å². The minimum Gasteiger partial charge on any atom is -0.403 e. The lowest BCUT2D eigenvalue weighted by atomic mass is 9.90. The second-order valence-corrected chi connectivity index (χ2v) is 11.1. The van der Waals surface area contributed by atoms with Crippen LogP contribution < -0.4 is 5.32 Å². The van der Waals surface area contributed by atoms with Crippen molar-refractivity contribution in [2.75, 3.05) is 18.4 Å². The van der Waals surface area contributed by atoms with Gasteiger partial charge in [-0.25, -0.2) is 8.42 Å². The Balaban J connectivity index is 1.26. The zero-order chi connectivity index (χ0) is 23.7. The molecule has 34 heavy (non-hydrogen) atoms. The van der Waals surface area contributed by atoms with Crippen molar-refractivity contribution in [2.45, 2.75) is 43.4 Å². The molecule has 1 saturated heterocycles. The van der Waals surface area contributed by atoms with E-state index < -0.39 is 15.9 Å². The van der Waals surface area contributed by atoms with Crippen molar-refractivity contribution in [3.05, 3.63) is 58.6 Å². The first-order chi connectivity index (χ1) is 16.4. The molecule has 2 aliphatic rings. The third kappa shape index (κ3) is 4.73. The van der Waals surface area contributed by atoms with E-state index >= 15 is 0 Å². The Morgan fingerprint density at radius 1 is 1.03 bits per heavy atom. The van der Waals surface area contributed by atoms with Crippen LogP contribution >= 0.6 is 11.6 Å². The summed E-state index contributed by atoms with van der Waals surface area (Å²) in [4.78, 5) is 13.0. The van der Waals surface area contributed by atoms with Gasteiger partial charge in [-0.1, -0.05) is 22.8 Å². The van der Waals surface area contributed by atoms with Crippen LogP contribution in [0, 0.1) is 5.92 Å². The number of carbonyl (C=O) groups is 1. The monoisotopic (exact) mass is 500 g/mol. The molecule has 10 heteroatoms. The Morgan fingerprint density at radius 3 is 2.59 bits per heavy atom. The van der Waals surface area contributed by atoms with E-state index in [2.05, 4.69) is 27.6 Å². The second kappa shape index (κ2) is 9.48. The Bertz CT molecular complexity index is 1310. The number of halogens is 1. The van der Waals surface area contributed by atoms with Gasteiger partial charge in [0.15, 0.2) is 0 Å². The number of carbonyl (C=O) groups excluding carboxylic acids is 1. The van der Waals surface area contributed by atoms with Crippen molar-refractivity contribution in [3.63, 3.8) is 0 Å². The number of nitrogens with one attached hydrogen (secondary N) is 1.